The zero-order valence-electron chi connectivity index (χ0n) is 8.38. The van der Waals surface area contributed by atoms with Crippen LogP contribution < -0.4 is 5.32 Å². The maximum Gasteiger partial charge on any atom is 0.0794 e. The molecule has 1 saturated heterocycles. The van der Waals surface area contributed by atoms with Crippen LogP contribution in [0.3, 0.4) is 0 Å². The van der Waals surface area contributed by atoms with Crippen LogP contribution in [0.1, 0.15) is 24.8 Å². The predicted molar refractivity (Wildman–Crippen MR) is 63.9 cm³/mol. The summed E-state index contributed by atoms with van der Waals surface area (Å²) in [6, 6.07) is 8.08. The third kappa shape index (κ3) is 2.25. The minimum atomic E-state index is 0.245. The fraction of sp³-hybridized carbons (Fsp3) is 0.455. The molecule has 3 heteroatoms. The molecule has 1 N–H and O–H groups in total. The number of benzene rings is 1. The number of halogens is 1. The van der Waals surface area contributed by atoms with E-state index in [4.69, 9.17) is 11.6 Å². The van der Waals surface area contributed by atoms with Gasteiger partial charge in [-0.1, -0.05) is 23.7 Å². The van der Waals surface area contributed by atoms with Gasteiger partial charge in [-0.3, -0.25) is 5.32 Å². The highest BCUT2D eigenvalue weighted by molar-refractivity contribution is 7.99. The standard InChI is InChI=1S/C11H14ClNS/c1-11(2)7-14-10(13-11)8-3-5-9(12)6-4-8/h3-6,10,13H,7H2,1-2H3. The van der Waals surface area contributed by atoms with E-state index in [9.17, 15) is 0 Å². The highest BCUT2D eigenvalue weighted by atomic mass is 35.5. The van der Waals surface area contributed by atoms with Crippen LogP contribution in [0, 0.1) is 0 Å². The number of hydrogen-bond acceptors (Lipinski definition) is 2. The van der Waals surface area contributed by atoms with Crippen molar-refractivity contribution < 1.29 is 0 Å². The molecule has 0 bridgehead atoms. The van der Waals surface area contributed by atoms with Crippen molar-refractivity contribution in [2.75, 3.05) is 5.75 Å². The molecule has 1 aliphatic heterocycles. The molecular formula is C11H14ClNS. The van der Waals surface area contributed by atoms with Crippen molar-refractivity contribution in [2.24, 2.45) is 0 Å². The molecule has 14 heavy (non-hydrogen) atoms. The van der Waals surface area contributed by atoms with Gasteiger partial charge >= 0.3 is 0 Å². The fourth-order valence-corrected chi connectivity index (χ4v) is 3.09. The van der Waals surface area contributed by atoms with E-state index in [1.54, 1.807) is 0 Å². The first kappa shape index (κ1) is 10.3. The number of rotatable bonds is 1. The largest absolute Gasteiger partial charge is 0.296 e. The van der Waals surface area contributed by atoms with Gasteiger partial charge in [0.2, 0.25) is 0 Å². The first-order chi connectivity index (χ1) is 6.57. The summed E-state index contributed by atoms with van der Waals surface area (Å²) < 4.78 is 0. The van der Waals surface area contributed by atoms with Gasteiger partial charge in [0.1, 0.15) is 0 Å². The summed E-state index contributed by atoms with van der Waals surface area (Å²) in [5, 5.41) is 4.81. The molecule has 0 aromatic heterocycles. The van der Waals surface area contributed by atoms with Crippen molar-refractivity contribution in [3.63, 3.8) is 0 Å². The van der Waals surface area contributed by atoms with Crippen LogP contribution in [0.5, 0.6) is 0 Å². The predicted octanol–water partition coefficient (Wildman–Crippen LogP) is 3.45. The van der Waals surface area contributed by atoms with E-state index in [2.05, 4.69) is 31.3 Å². The van der Waals surface area contributed by atoms with Gasteiger partial charge in [0, 0.05) is 16.3 Å². The van der Waals surface area contributed by atoms with Crippen molar-refractivity contribution in [1.29, 1.82) is 0 Å². The van der Waals surface area contributed by atoms with Crippen molar-refractivity contribution in [3.8, 4) is 0 Å². The van der Waals surface area contributed by atoms with Crippen LogP contribution >= 0.6 is 23.4 Å². The van der Waals surface area contributed by atoms with Crippen LogP contribution in [-0.2, 0) is 0 Å². The molecule has 1 atom stereocenters. The normalized spacial score (nSPS) is 25.2. The Bertz CT molecular complexity index is 321. The molecule has 1 heterocycles. The zero-order valence-corrected chi connectivity index (χ0v) is 9.95. The topological polar surface area (TPSA) is 12.0 Å². The lowest BCUT2D eigenvalue weighted by Crippen LogP contribution is -2.35. The summed E-state index contributed by atoms with van der Waals surface area (Å²) in [5.41, 5.74) is 1.56. The molecule has 76 valence electrons. The molecule has 1 unspecified atom stereocenters. The molecule has 1 nitrogen and oxygen atoms in total. The first-order valence-corrected chi connectivity index (χ1v) is 6.14. The SMILES string of the molecule is CC1(C)CSC(c2ccc(Cl)cc2)N1. The Morgan fingerprint density at radius 2 is 2.00 bits per heavy atom. The fourth-order valence-electron chi connectivity index (χ4n) is 1.55. The van der Waals surface area contributed by atoms with Gasteiger partial charge in [0.15, 0.2) is 0 Å². The van der Waals surface area contributed by atoms with E-state index >= 15 is 0 Å². The summed E-state index contributed by atoms with van der Waals surface area (Å²) >= 11 is 7.80. The highest BCUT2D eigenvalue weighted by Crippen LogP contribution is 2.37. The van der Waals surface area contributed by atoms with Gasteiger partial charge in [-0.15, -0.1) is 11.8 Å². The average molecular weight is 228 g/mol. The van der Waals surface area contributed by atoms with Gasteiger partial charge < -0.3 is 0 Å². The minimum Gasteiger partial charge on any atom is -0.296 e. The van der Waals surface area contributed by atoms with Crippen molar-refractivity contribution in [1.82, 2.24) is 5.32 Å². The average Bonchev–Trinajstić information content (AvgIpc) is 2.47. The van der Waals surface area contributed by atoms with Crippen LogP contribution in [-0.4, -0.2) is 11.3 Å². The Kier molecular flexibility index (Phi) is 2.78. The molecule has 0 spiro atoms. The second-order valence-electron chi connectivity index (χ2n) is 4.27. The lowest BCUT2D eigenvalue weighted by atomic mass is 10.1. The van der Waals surface area contributed by atoms with E-state index in [-0.39, 0.29) is 5.54 Å². The maximum atomic E-state index is 5.85. The van der Waals surface area contributed by atoms with Gasteiger partial charge in [0.05, 0.1) is 5.37 Å². The lowest BCUT2D eigenvalue weighted by molar-refractivity contribution is 0.452. The molecular weight excluding hydrogens is 214 g/mol. The Balaban J connectivity index is 2.14. The van der Waals surface area contributed by atoms with Crippen molar-refractivity contribution >= 4 is 23.4 Å². The minimum absolute atomic E-state index is 0.245. The molecule has 0 radical (unpaired) electrons. The van der Waals surface area contributed by atoms with Gasteiger partial charge in [0.25, 0.3) is 0 Å². The number of thioether (sulfide) groups is 1. The highest BCUT2D eigenvalue weighted by Gasteiger charge is 2.31. The van der Waals surface area contributed by atoms with E-state index in [1.807, 2.05) is 23.9 Å². The van der Waals surface area contributed by atoms with E-state index in [1.165, 1.54) is 5.56 Å². The monoisotopic (exact) mass is 227 g/mol. The van der Waals surface area contributed by atoms with E-state index in [0.717, 1.165) is 10.8 Å². The zero-order chi connectivity index (χ0) is 10.2. The molecule has 0 aliphatic carbocycles. The van der Waals surface area contributed by atoms with Crippen molar-refractivity contribution in [3.05, 3.63) is 34.9 Å². The number of nitrogens with one attached hydrogen (secondary N) is 1. The second-order valence-corrected chi connectivity index (χ2v) is 5.80. The smallest absolute Gasteiger partial charge is 0.0794 e. The summed E-state index contributed by atoms with van der Waals surface area (Å²) in [6.45, 7) is 4.46. The van der Waals surface area contributed by atoms with Gasteiger partial charge in [-0.2, -0.15) is 0 Å². The van der Waals surface area contributed by atoms with Crippen molar-refractivity contribution in [2.45, 2.75) is 24.8 Å². The lowest BCUT2D eigenvalue weighted by Gasteiger charge is -2.18. The Morgan fingerprint density at radius 3 is 2.50 bits per heavy atom. The summed E-state index contributed by atoms with van der Waals surface area (Å²) in [6.07, 6.45) is 0. The first-order valence-electron chi connectivity index (χ1n) is 4.72. The van der Waals surface area contributed by atoms with Gasteiger partial charge in [-0.05, 0) is 31.5 Å². The summed E-state index contributed by atoms with van der Waals surface area (Å²) in [7, 11) is 0. The third-order valence-corrected chi connectivity index (χ3v) is 4.17. The van der Waals surface area contributed by atoms with Crippen LogP contribution in [0.25, 0.3) is 0 Å². The molecule has 2 rings (SSSR count). The maximum absolute atomic E-state index is 5.85. The third-order valence-electron chi connectivity index (χ3n) is 2.31. The van der Waals surface area contributed by atoms with Crippen LogP contribution in [0.2, 0.25) is 5.02 Å². The molecule has 1 aromatic carbocycles. The Labute approximate surface area is 94.2 Å². The second kappa shape index (κ2) is 3.76. The molecule has 0 saturated carbocycles. The summed E-state index contributed by atoms with van der Waals surface area (Å²) in [5.74, 6) is 1.15. The Hall–Kier alpha value is -0.180. The van der Waals surface area contributed by atoms with E-state index in [0.29, 0.717) is 5.37 Å². The molecule has 1 aromatic rings. The van der Waals surface area contributed by atoms with Crippen LogP contribution in [0.15, 0.2) is 24.3 Å². The van der Waals surface area contributed by atoms with Crippen LogP contribution in [0.4, 0.5) is 0 Å². The molecule has 0 amide bonds. The summed E-state index contributed by atoms with van der Waals surface area (Å²) in [4.78, 5) is 0. The molecule has 1 aliphatic rings. The molecule has 1 fully saturated rings. The number of hydrogen-bond donors (Lipinski definition) is 1. The van der Waals surface area contributed by atoms with E-state index < -0.39 is 0 Å². The Morgan fingerprint density at radius 1 is 1.36 bits per heavy atom. The quantitative estimate of drug-likeness (QED) is 0.789. The van der Waals surface area contributed by atoms with Gasteiger partial charge in [-0.25, -0.2) is 0 Å².